The fraction of sp³-hybridized carbons (Fsp3) is 0.533. The predicted octanol–water partition coefficient (Wildman–Crippen LogP) is 4.11. The lowest BCUT2D eigenvalue weighted by molar-refractivity contribution is -0.162. The van der Waals surface area contributed by atoms with E-state index >= 15 is 0 Å². The molecular weight excluding hydrogens is 340 g/mol. The van der Waals surface area contributed by atoms with Gasteiger partial charge in [0.05, 0.1) is 18.2 Å². The standard InChI is InChI=1S/C15H17F6NO2/c1-3-8(7-12(22)13(23)24-2)9-4-5-10(14(16,17)18)11(6-9)15(19,20)21/h4-6,8,12H,3,7,22H2,1-2H3. The molecule has 0 aliphatic carbocycles. The summed E-state index contributed by atoms with van der Waals surface area (Å²) in [6.45, 7) is 1.64. The number of esters is 1. The number of hydrogen-bond donors (Lipinski definition) is 1. The van der Waals surface area contributed by atoms with Gasteiger partial charge in [-0.3, -0.25) is 4.79 Å². The summed E-state index contributed by atoms with van der Waals surface area (Å²) in [5.41, 5.74) is 2.13. The lowest BCUT2D eigenvalue weighted by atomic mass is 9.88. The van der Waals surface area contributed by atoms with Gasteiger partial charge in [-0.15, -0.1) is 0 Å². The first-order valence-corrected chi connectivity index (χ1v) is 7.03. The van der Waals surface area contributed by atoms with Crippen LogP contribution in [0.3, 0.4) is 0 Å². The van der Waals surface area contributed by atoms with Gasteiger partial charge in [0.25, 0.3) is 0 Å². The highest BCUT2D eigenvalue weighted by Gasteiger charge is 2.43. The zero-order valence-electron chi connectivity index (χ0n) is 13.0. The minimum absolute atomic E-state index is 0.0359. The summed E-state index contributed by atoms with van der Waals surface area (Å²) in [5, 5.41) is 0. The third kappa shape index (κ3) is 4.86. The Hall–Kier alpha value is -1.77. The first kappa shape index (κ1) is 20.3. The second kappa shape index (κ2) is 7.42. The van der Waals surface area contributed by atoms with Gasteiger partial charge in [0, 0.05) is 0 Å². The van der Waals surface area contributed by atoms with Gasteiger partial charge in [-0.05, 0) is 36.5 Å². The van der Waals surface area contributed by atoms with Crippen LogP contribution in [0, 0.1) is 0 Å². The largest absolute Gasteiger partial charge is 0.468 e. The van der Waals surface area contributed by atoms with Crippen LogP contribution >= 0.6 is 0 Å². The molecule has 0 fully saturated rings. The summed E-state index contributed by atoms with van der Waals surface area (Å²) in [7, 11) is 1.11. The molecule has 2 atom stereocenters. The molecule has 2 N–H and O–H groups in total. The van der Waals surface area contributed by atoms with Crippen LogP contribution in [0.25, 0.3) is 0 Å². The highest BCUT2D eigenvalue weighted by atomic mass is 19.4. The molecule has 0 spiro atoms. The van der Waals surface area contributed by atoms with Gasteiger partial charge in [-0.1, -0.05) is 13.0 Å². The van der Waals surface area contributed by atoms with E-state index < -0.39 is 41.4 Å². The lowest BCUT2D eigenvalue weighted by Crippen LogP contribution is -2.33. The van der Waals surface area contributed by atoms with E-state index in [2.05, 4.69) is 4.74 Å². The highest BCUT2D eigenvalue weighted by Crippen LogP contribution is 2.42. The number of rotatable bonds is 5. The topological polar surface area (TPSA) is 52.3 Å². The Kier molecular flexibility index (Phi) is 6.26. The summed E-state index contributed by atoms with van der Waals surface area (Å²) in [6.07, 6.45) is -10.0. The second-order valence-electron chi connectivity index (χ2n) is 5.27. The van der Waals surface area contributed by atoms with E-state index in [1.54, 1.807) is 6.92 Å². The Labute approximate surface area is 134 Å². The average Bonchev–Trinajstić information content (AvgIpc) is 2.49. The number of ether oxygens (including phenoxy) is 1. The van der Waals surface area contributed by atoms with E-state index in [1.807, 2.05) is 0 Å². The van der Waals surface area contributed by atoms with Crippen LogP contribution in [0.1, 0.15) is 42.4 Å². The molecule has 0 aliphatic heterocycles. The molecule has 2 unspecified atom stereocenters. The summed E-state index contributed by atoms with van der Waals surface area (Å²) in [5.74, 6) is -1.35. The highest BCUT2D eigenvalue weighted by molar-refractivity contribution is 5.75. The van der Waals surface area contributed by atoms with Crippen LogP contribution in [-0.2, 0) is 21.9 Å². The molecule has 24 heavy (non-hydrogen) atoms. The third-order valence-electron chi connectivity index (χ3n) is 3.66. The molecule has 9 heteroatoms. The van der Waals surface area contributed by atoms with Crippen LogP contribution in [0.5, 0.6) is 0 Å². The van der Waals surface area contributed by atoms with E-state index in [4.69, 9.17) is 5.73 Å². The zero-order valence-corrected chi connectivity index (χ0v) is 13.0. The zero-order chi connectivity index (χ0) is 18.7. The van der Waals surface area contributed by atoms with E-state index in [-0.39, 0.29) is 12.0 Å². The van der Waals surface area contributed by atoms with Gasteiger partial charge in [0.15, 0.2) is 0 Å². The van der Waals surface area contributed by atoms with Crippen LogP contribution in [0.15, 0.2) is 18.2 Å². The Balaban J connectivity index is 3.26. The fourth-order valence-corrected chi connectivity index (χ4v) is 2.39. The van der Waals surface area contributed by atoms with Gasteiger partial charge in [-0.2, -0.15) is 26.3 Å². The summed E-state index contributed by atoms with van der Waals surface area (Å²) in [4.78, 5) is 11.3. The molecule has 0 bridgehead atoms. The van der Waals surface area contributed by atoms with Crippen LogP contribution in [0.4, 0.5) is 26.3 Å². The van der Waals surface area contributed by atoms with E-state index in [0.29, 0.717) is 18.6 Å². The Morgan fingerprint density at radius 3 is 2.08 bits per heavy atom. The molecule has 0 amide bonds. The molecule has 1 rings (SSSR count). The summed E-state index contributed by atoms with van der Waals surface area (Å²) >= 11 is 0. The molecular formula is C15H17F6NO2. The van der Waals surface area contributed by atoms with Gasteiger partial charge in [0.1, 0.15) is 6.04 Å². The molecule has 0 radical (unpaired) electrons. The normalized spacial score (nSPS) is 15.0. The van der Waals surface area contributed by atoms with Gasteiger partial charge < -0.3 is 10.5 Å². The Morgan fingerprint density at radius 1 is 1.12 bits per heavy atom. The van der Waals surface area contributed by atoms with Crippen LogP contribution in [0.2, 0.25) is 0 Å². The first-order valence-electron chi connectivity index (χ1n) is 7.03. The smallest absolute Gasteiger partial charge is 0.417 e. The molecule has 0 heterocycles. The van der Waals surface area contributed by atoms with Crippen molar-refractivity contribution in [2.45, 2.75) is 44.1 Å². The van der Waals surface area contributed by atoms with Crippen LogP contribution < -0.4 is 5.73 Å². The van der Waals surface area contributed by atoms with Crippen molar-refractivity contribution in [2.75, 3.05) is 7.11 Å². The Bertz CT molecular complexity index is 582. The fourth-order valence-electron chi connectivity index (χ4n) is 2.39. The number of benzene rings is 1. The average molecular weight is 357 g/mol. The first-order chi connectivity index (χ1) is 10.9. The third-order valence-corrected chi connectivity index (χ3v) is 3.66. The molecule has 0 saturated carbocycles. The number of carbonyl (C=O) groups excluding carboxylic acids is 1. The molecule has 3 nitrogen and oxygen atoms in total. The number of halogens is 6. The number of methoxy groups -OCH3 is 1. The van der Waals surface area contributed by atoms with Crippen molar-refractivity contribution in [3.8, 4) is 0 Å². The second-order valence-corrected chi connectivity index (χ2v) is 5.27. The SMILES string of the molecule is CCC(CC(N)C(=O)OC)c1ccc(C(F)(F)F)c(C(F)(F)F)c1. The van der Waals surface area contributed by atoms with Gasteiger partial charge in [-0.25, -0.2) is 0 Å². The van der Waals surface area contributed by atoms with Crippen molar-refractivity contribution < 1.29 is 35.9 Å². The number of hydrogen-bond acceptors (Lipinski definition) is 3. The minimum atomic E-state index is -5.15. The monoisotopic (exact) mass is 357 g/mol. The van der Waals surface area contributed by atoms with E-state index in [9.17, 15) is 31.1 Å². The predicted molar refractivity (Wildman–Crippen MR) is 74.1 cm³/mol. The van der Waals surface area contributed by atoms with Crippen molar-refractivity contribution in [1.82, 2.24) is 0 Å². The number of alkyl halides is 6. The minimum Gasteiger partial charge on any atom is -0.468 e. The Morgan fingerprint density at radius 2 is 1.67 bits per heavy atom. The molecule has 1 aromatic rings. The molecule has 1 aromatic carbocycles. The molecule has 0 aliphatic rings. The number of carbonyl (C=O) groups is 1. The quantitative estimate of drug-likeness (QED) is 0.637. The lowest BCUT2D eigenvalue weighted by Gasteiger charge is -2.22. The maximum Gasteiger partial charge on any atom is 0.417 e. The van der Waals surface area contributed by atoms with Crippen molar-refractivity contribution >= 4 is 5.97 Å². The van der Waals surface area contributed by atoms with Crippen molar-refractivity contribution in [2.24, 2.45) is 5.73 Å². The van der Waals surface area contributed by atoms with Crippen LogP contribution in [-0.4, -0.2) is 19.1 Å². The molecule has 0 saturated heterocycles. The van der Waals surface area contributed by atoms with Crippen molar-refractivity contribution in [3.63, 3.8) is 0 Å². The molecule has 0 aromatic heterocycles. The van der Waals surface area contributed by atoms with E-state index in [1.165, 1.54) is 0 Å². The van der Waals surface area contributed by atoms with Crippen molar-refractivity contribution in [1.29, 1.82) is 0 Å². The van der Waals surface area contributed by atoms with E-state index in [0.717, 1.165) is 13.2 Å². The summed E-state index contributed by atoms with van der Waals surface area (Å²) < 4.78 is 81.7. The maximum atomic E-state index is 13.0. The molecule has 136 valence electrons. The van der Waals surface area contributed by atoms with Gasteiger partial charge >= 0.3 is 18.3 Å². The number of nitrogens with two attached hydrogens (primary N) is 1. The van der Waals surface area contributed by atoms with Crippen molar-refractivity contribution in [3.05, 3.63) is 34.9 Å². The van der Waals surface area contributed by atoms with Gasteiger partial charge in [0.2, 0.25) is 0 Å². The summed E-state index contributed by atoms with van der Waals surface area (Å²) in [6, 6.07) is 0.790. The maximum absolute atomic E-state index is 13.0.